The van der Waals surface area contributed by atoms with Gasteiger partial charge in [0, 0.05) is 13.3 Å². The lowest BCUT2D eigenvalue weighted by Crippen LogP contribution is -2.11. The minimum atomic E-state index is 0.623. The molecule has 11 heavy (non-hydrogen) atoms. The predicted octanol–water partition coefficient (Wildman–Crippen LogP) is 2.93. The molecule has 0 saturated carbocycles. The number of hydrogen-bond acceptors (Lipinski definition) is 1. The van der Waals surface area contributed by atoms with Gasteiger partial charge in [0.25, 0.3) is 0 Å². The number of allylic oxidation sites excluding steroid dienone is 1. The Kier molecular flexibility index (Phi) is 5.81. The van der Waals surface area contributed by atoms with E-state index in [1.54, 1.807) is 0 Å². The molecule has 1 heteroatoms. The maximum atomic E-state index is 4.05. The zero-order valence-electron chi connectivity index (χ0n) is 7.88. The molecule has 0 fully saturated rings. The molecular weight excluding hydrogens is 134 g/mol. The van der Waals surface area contributed by atoms with Gasteiger partial charge in [0.1, 0.15) is 0 Å². The second kappa shape index (κ2) is 6.14. The Morgan fingerprint density at radius 3 is 2.55 bits per heavy atom. The van der Waals surface area contributed by atoms with E-state index in [0.717, 1.165) is 6.42 Å². The third-order valence-corrected chi connectivity index (χ3v) is 2.08. The van der Waals surface area contributed by atoms with Gasteiger partial charge in [-0.2, -0.15) is 0 Å². The van der Waals surface area contributed by atoms with E-state index in [1.807, 2.05) is 19.3 Å². The van der Waals surface area contributed by atoms with Gasteiger partial charge in [-0.25, -0.2) is 0 Å². The molecule has 0 N–H and O–H groups in total. The van der Waals surface area contributed by atoms with E-state index in [4.69, 9.17) is 0 Å². The van der Waals surface area contributed by atoms with Crippen molar-refractivity contribution in [2.75, 3.05) is 7.05 Å². The van der Waals surface area contributed by atoms with Gasteiger partial charge >= 0.3 is 0 Å². The van der Waals surface area contributed by atoms with Gasteiger partial charge < -0.3 is 4.99 Å². The van der Waals surface area contributed by atoms with Crippen molar-refractivity contribution in [2.45, 2.75) is 26.7 Å². The van der Waals surface area contributed by atoms with Crippen molar-refractivity contribution in [1.82, 2.24) is 0 Å². The van der Waals surface area contributed by atoms with E-state index in [1.165, 1.54) is 6.42 Å². The second-order valence-corrected chi connectivity index (χ2v) is 2.98. The highest BCUT2D eigenvalue weighted by atomic mass is 14.6. The summed E-state index contributed by atoms with van der Waals surface area (Å²) in [6.45, 7) is 8.18. The molecule has 0 rings (SSSR count). The molecule has 0 amide bonds. The summed E-state index contributed by atoms with van der Waals surface area (Å²) in [5.74, 6) is 1.30. The van der Waals surface area contributed by atoms with Crippen LogP contribution in [0, 0.1) is 11.8 Å². The van der Waals surface area contributed by atoms with Crippen LogP contribution in [0.3, 0.4) is 0 Å². The lowest BCUT2D eigenvalue weighted by Gasteiger charge is -2.16. The maximum absolute atomic E-state index is 4.05. The van der Waals surface area contributed by atoms with Crippen molar-refractivity contribution in [2.24, 2.45) is 16.8 Å². The summed E-state index contributed by atoms with van der Waals surface area (Å²) in [6, 6.07) is 0. The highest BCUT2D eigenvalue weighted by Gasteiger charge is 2.10. The van der Waals surface area contributed by atoms with Crippen LogP contribution in [0.2, 0.25) is 0 Å². The van der Waals surface area contributed by atoms with Crippen LogP contribution in [0.5, 0.6) is 0 Å². The molecule has 0 heterocycles. The van der Waals surface area contributed by atoms with E-state index in [9.17, 15) is 0 Å². The first-order valence-electron chi connectivity index (χ1n) is 4.29. The Morgan fingerprint density at radius 1 is 1.55 bits per heavy atom. The fourth-order valence-electron chi connectivity index (χ4n) is 1.28. The molecule has 0 saturated heterocycles. The third-order valence-electron chi connectivity index (χ3n) is 2.08. The SMILES string of the molecule is C=CCC(C)C(C=NC)CC. The topological polar surface area (TPSA) is 12.4 Å². The zero-order valence-corrected chi connectivity index (χ0v) is 7.88. The normalized spacial score (nSPS) is 16.6. The molecule has 2 unspecified atom stereocenters. The summed E-state index contributed by atoms with van der Waals surface area (Å²) in [5, 5.41) is 0. The summed E-state index contributed by atoms with van der Waals surface area (Å²) < 4.78 is 0. The monoisotopic (exact) mass is 153 g/mol. The quantitative estimate of drug-likeness (QED) is 0.425. The molecule has 0 bridgehead atoms. The first-order chi connectivity index (χ1) is 5.26. The van der Waals surface area contributed by atoms with E-state index < -0.39 is 0 Å². The van der Waals surface area contributed by atoms with Crippen molar-refractivity contribution in [3.05, 3.63) is 12.7 Å². The molecule has 0 aliphatic rings. The van der Waals surface area contributed by atoms with E-state index in [2.05, 4.69) is 25.4 Å². The smallest absolute Gasteiger partial charge is 0.0273 e. The number of hydrogen-bond donors (Lipinski definition) is 0. The van der Waals surface area contributed by atoms with Crippen LogP contribution >= 0.6 is 0 Å². The van der Waals surface area contributed by atoms with Crippen LogP contribution in [0.25, 0.3) is 0 Å². The molecule has 2 atom stereocenters. The van der Waals surface area contributed by atoms with Crippen LogP contribution in [-0.2, 0) is 0 Å². The summed E-state index contributed by atoms with van der Waals surface area (Å²) in [4.78, 5) is 4.05. The summed E-state index contributed by atoms with van der Waals surface area (Å²) in [5.41, 5.74) is 0. The Bertz CT molecular complexity index is 127. The highest BCUT2D eigenvalue weighted by Crippen LogP contribution is 2.16. The van der Waals surface area contributed by atoms with Crippen LogP contribution in [0.1, 0.15) is 26.7 Å². The number of nitrogens with zero attached hydrogens (tertiary/aromatic N) is 1. The van der Waals surface area contributed by atoms with Crippen LogP contribution in [0.15, 0.2) is 17.6 Å². The molecule has 64 valence electrons. The molecule has 0 spiro atoms. The van der Waals surface area contributed by atoms with Gasteiger partial charge in [-0.15, -0.1) is 6.58 Å². The standard InChI is InChI=1S/C10H19N/c1-5-7-9(3)10(6-2)8-11-4/h5,8-10H,1,6-7H2,2-4H3. The Labute approximate surface area is 70.2 Å². The highest BCUT2D eigenvalue weighted by molar-refractivity contribution is 5.60. The lowest BCUT2D eigenvalue weighted by molar-refractivity contribution is 0.454. The van der Waals surface area contributed by atoms with Crippen LogP contribution in [-0.4, -0.2) is 13.3 Å². The Morgan fingerprint density at radius 2 is 2.18 bits per heavy atom. The molecule has 0 aromatic carbocycles. The molecule has 1 nitrogen and oxygen atoms in total. The fraction of sp³-hybridized carbons (Fsp3) is 0.700. The van der Waals surface area contributed by atoms with Crippen LogP contribution < -0.4 is 0 Å². The van der Waals surface area contributed by atoms with E-state index in [-0.39, 0.29) is 0 Å². The van der Waals surface area contributed by atoms with Crippen LogP contribution in [0.4, 0.5) is 0 Å². The summed E-state index contributed by atoms with van der Waals surface area (Å²) >= 11 is 0. The van der Waals surface area contributed by atoms with Crippen molar-refractivity contribution >= 4 is 6.21 Å². The van der Waals surface area contributed by atoms with E-state index >= 15 is 0 Å². The van der Waals surface area contributed by atoms with Gasteiger partial charge in [-0.1, -0.05) is 19.9 Å². The molecular formula is C10H19N. The average molecular weight is 153 g/mol. The minimum absolute atomic E-state index is 0.623. The summed E-state index contributed by atoms with van der Waals surface area (Å²) in [6.07, 6.45) is 6.29. The fourth-order valence-corrected chi connectivity index (χ4v) is 1.28. The Balaban J connectivity index is 3.90. The summed E-state index contributed by atoms with van der Waals surface area (Å²) in [7, 11) is 1.84. The molecule has 0 aliphatic carbocycles. The first-order valence-corrected chi connectivity index (χ1v) is 4.29. The van der Waals surface area contributed by atoms with Crippen molar-refractivity contribution < 1.29 is 0 Å². The van der Waals surface area contributed by atoms with Gasteiger partial charge in [0.05, 0.1) is 0 Å². The van der Waals surface area contributed by atoms with Crippen molar-refractivity contribution in [3.8, 4) is 0 Å². The number of rotatable bonds is 5. The van der Waals surface area contributed by atoms with Gasteiger partial charge in [-0.05, 0) is 24.7 Å². The molecule has 0 aliphatic heterocycles. The zero-order chi connectivity index (χ0) is 8.69. The molecule has 0 radical (unpaired) electrons. The molecule has 0 aromatic rings. The van der Waals surface area contributed by atoms with Gasteiger partial charge in [-0.3, -0.25) is 0 Å². The van der Waals surface area contributed by atoms with E-state index in [0.29, 0.717) is 11.8 Å². The third kappa shape index (κ3) is 3.97. The van der Waals surface area contributed by atoms with Crippen molar-refractivity contribution in [1.29, 1.82) is 0 Å². The molecule has 0 aromatic heterocycles. The maximum Gasteiger partial charge on any atom is 0.0273 e. The van der Waals surface area contributed by atoms with Gasteiger partial charge in [0.15, 0.2) is 0 Å². The Hall–Kier alpha value is -0.590. The lowest BCUT2D eigenvalue weighted by atomic mass is 9.90. The van der Waals surface area contributed by atoms with Gasteiger partial charge in [0.2, 0.25) is 0 Å². The minimum Gasteiger partial charge on any atom is -0.301 e. The van der Waals surface area contributed by atoms with Crippen molar-refractivity contribution in [3.63, 3.8) is 0 Å². The number of aliphatic imine (C=N–C) groups is 1. The second-order valence-electron chi connectivity index (χ2n) is 2.98. The predicted molar refractivity (Wildman–Crippen MR) is 52.2 cm³/mol. The first kappa shape index (κ1) is 10.4. The largest absolute Gasteiger partial charge is 0.301 e. The average Bonchev–Trinajstić information content (AvgIpc) is 2.00.